The van der Waals surface area contributed by atoms with E-state index in [1.54, 1.807) is 0 Å². The van der Waals surface area contributed by atoms with Gasteiger partial charge in [-0.3, -0.25) is 0 Å². The van der Waals surface area contributed by atoms with Gasteiger partial charge in [-0.05, 0) is 38.5 Å². The van der Waals surface area contributed by atoms with Gasteiger partial charge in [-0.15, -0.1) is 0 Å². The van der Waals surface area contributed by atoms with Gasteiger partial charge in [-0.1, -0.05) is 13.3 Å². The molecule has 2 atom stereocenters. The number of hydrogen-bond donors (Lipinski definition) is 2. The summed E-state index contributed by atoms with van der Waals surface area (Å²) in [6.07, 6.45) is 7.29. The van der Waals surface area contributed by atoms with Gasteiger partial charge in [0, 0.05) is 25.6 Å². The van der Waals surface area contributed by atoms with Gasteiger partial charge in [0.2, 0.25) is 0 Å². The highest BCUT2D eigenvalue weighted by molar-refractivity contribution is 4.93. The number of nitrogens with one attached hydrogen (secondary N) is 1. The molecule has 0 aromatic carbocycles. The van der Waals surface area contributed by atoms with Crippen molar-refractivity contribution in [1.82, 2.24) is 5.32 Å². The second-order valence-corrected chi connectivity index (χ2v) is 5.87. The normalized spacial score (nSPS) is 42.9. The van der Waals surface area contributed by atoms with Crippen molar-refractivity contribution in [2.24, 2.45) is 5.92 Å². The molecule has 1 saturated carbocycles. The van der Waals surface area contributed by atoms with Gasteiger partial charge in [0.15, 0.2) is 0 Å². The topological polar surface area (TPSA) is 41.5 Å². The Morgan fingerprint density at radius 3 is 2.53 bits per heavy atom. The summed E-state index contributed by atoms with van der Waals surface area (Å²) >= 11 is 0. The Morgan fingerprint density at radius 2 is 2.00 bits per heavy atom. The first kappa shape index (κ1) is 13.3. The van der Waals surface area contributed by atoms with E-state index in [1.165, 1.54) is 32.1 Å². The quantitative estimate of drug-likeness (QED) is 0.792. The molecule has 0 radical (unpaired) electrons. The van der Waals surface area contributed by atoms with Crippen LogP contribution in [0.1, 0.15) is 52.4 Å². The van der Waals surface area contributed by atoms with E-state index in [1.807, 2.05) is 6.92 Å². The molecule has 2 N–H and O–H groups in total. The van der Waals surface area contributed by atoms with E-state index in [2.05, 4.69) is 12.2 Å². The lowest BCUT2D eigenvalue weighted by atomic mass is 9.84. The fraction of sp³-hybridized carbons (Fsp3) is 1.00. The fourth-order valence-electron chi connectivity index (χ4n) is 3.10. The molecule has 3 heteroatoms. The van der Waals surface area contributed by atoms with Crippen molar-refractivity contribution >= 4 is 0 Å². The van der Waals surface area contributed by atoms with Gasteiger partial charge in [0.1, 0.15) is 5.60 Å². The summed E-state index contributed by atoms with van der Waals surface area (Å²) in [5, 5.41) is 14.0. The van der Waals surface area contributed by atoms with E-state index in [0.29, 0.717) is 19.2 Å². The van der Waals surface area contributed by atoms with Crippen molar-refractivity contribution < 1.29 is 9.84 Å². The van der Waals surface area contributed by atoms with Crippen LogP contribution in [-0.4, -0.2) is 36.0 Å². The monoisotopic (exact) mass is 241 g/mol. The van der Waals surface area contributed by atoms with Crippen LogP contribution in [-0.2, 0) is 4.74 Å². The van der Waals surface area contributed by atoms with Crippen molar-refractivity contribution in [1.29, 1.82) is 0 Å². The lowest BCUT2D eigenvalue weighted by molar-refractivity contribution is -0.0285. The standard InChI is InChI=1S/C14H27NO2/c1-3-12-4-6-13(7-5-12)15-10-14(16)8-9-17-11(14)2/h11-13,15-16H,3-10H2,1-2H3. The smallest absolute Gasteiger partial charge is 0.105 e. The highest BCUT2D eigenvalue weighted by Crippen LogP contribution is 2.28. The summed E-state index contributed by atoms with van der Waals surface area (Å²) in [4.78, 5) is 0. The lowest BCUT2D eigenvalue weighted by Gasteiger charge is -2.32. The Morgan fingerprint density at radius 1 is 1.29 bits per heavy atom. The molecule has 1 saturated heterocycles. The van der Waals surface area contributed by atoms with Gasteiger partial charge in [-0.2, -0.15) is 0 Å². The second kappa shape index (κ2) is 5.68. The van der Waals surface area contributed by atoms with Crippen LogP contribution in [0, 0.1) is 5.92 Å². The molecule has 100 valence electrons. The molecule has 1 aliphatic carbocycles. The Hall–Kier alpha value is -0.120. The van der Waals surface area contributed by atoms with Crippen molar-refractivity contribution in [3.8, 4) is 0 Å². The first-order chi connectivity index (χ1) is 8.14. The highest BCUT2D eigenvalue weighted by Gasteiger charge is 2.39. The largest absolute Gasteiger partial charge is 0.386 e. The van der Waals surface area contributed by atoms with E-state index >= 15 is 0 Å². The molecule has 2 unspecified atom stereocenters. The van der Waals surface area contributed by atoms with Crippen molar-refractivity contribution in [2.45, 2.75) is 70.1 Å². The first-order valence-electron chi connectivity index (χ1n) is 7.21. The van der Waals surface area contributed by atoms with Crippen LogP contribution in [0.25, 0.3) is 0 Å². The van der Waals surface area contributed by atoms with Crippen molar-refractivity contribution in [3.63, 3.8) is 0 Å². The molecule has 0 amide bonds. The van der Waals surface area contributed by atoms with Crippen LogP contribution < -0.4 is 5.32 Å². The van der Waals surface area contributed by atoms with Crippen LogP contribution in [0.5, 0.6) is 0 Å². The molecule has 1 heterocycles. The maximum Gasteiger partial charge on any atom is 0.105 e. The van der Waals surface area contributed by atoms with E-state index in [9.17, 15) is 5.11 Å². The molecular weight excluding hydrogens is 214 g/mol. The van der Waals surface area contributed by atoms with Gasteiger partial charge < -0.3 is 15.2 Å². The van der Waals surface area contributed by atoms with Gasteiger partial charge in [0.05, 0.1) is 6.10 Å². The SMILES string of the molecule is CCC1CCC(NCC2(O)CCOC2C)CC1. The minimum Gasteiger partial charge on any atom is -0.386 e. The van der Waals surface area contributed by atoms with Crippen LogP contribution in [0.15, 0.2) is 0 Å². The van der Waals surface area contributed by atoms with Crippen LogP contribution in [0.4, 0.5) is 0 Å². The maximum absolute atomic E-state index is 10.4. The Labute approximate surface area is 105 Å². The molecule has 2 rings (SSSR count). The summed E-state index contributed by atoms with van der Waals surface area (Å²) in [5.74, 6) is 0.935. The van der Waals surface area contributed by atoms with Crippen LogP contribution >= 0.6 is 0 Å². The van der Waals surface area contributed by atoms with Crippen molar-refractivity contribution in [3.05, 3.63) is 0 Å². The molecule has 2 aliphatic rings. The predicted octanol–water partition coefficient (Wildman–Crippen LogP) is 2.08. The van der Waals surface area contributed by atoms with E-state index in [0.717, 1.165) is 12.3 Å². The van der Waals surface area contributed by atoms with Gasteiger partial charge >= 0.3 is 0 Å². The summed E-state index contributed by atoms with van der Waals surface area (Å²) in [5.41, 5.74) is -0.637. The molecule has 3 nitrogen and oxygen atoms in total. The Kier molecular flexibility index (Phi) is 4.45. The van der Waals surface area contributed by atoms with Crippen LogP contribution in [0.2, 0.25) is 0 Å². The lowest BCUT2D eigenvalue weighted by Crippen LogP contribution is -2.49. The highest BCUT2D eigenvalue weighted by atomic mass is 16.5. The minimum absolute atomic E-state index is 0.0259. The molecule has 17 heavy (non-hydrogen) atoms. The van der Waals surface area contributed by atoms with Crippen LogP contribution in [0.3, 0.4) is 0 Å². The zero-order valence-corrected chi connectivity index (χ0v) is 11.2. The number of hydrogen-bond acceptors (Lipinski definition) is 3. The molecule has 0 spiro atoms. The average Bonchev–Trinajstić information content (AvgIpc) is 2.68. The average molecular weight is 241 g/mol. The predicted molar refractivity (Wildman–Crippen MR) is 69.0 cm³/mol. The van der Waals surface area contributed by atoms with E-state index in [-0.39, 0.29) is 6.10 Å². The zero-order chi connectivity index (χ0) is 12.3. The molecule has 0 aromatic rings. The minimum atomic E-state index is -0.637. The number of aliphatic hydroxyl groups is 1. The third-order valence-corrected chi connectivity index (χ3v) is 4.78. The molecule has 0 bridgehead atoms. The summed E-state index contributed by atoms with van der Waals surface area (Å²) < 4.78 is 5.45. The molecular formula is C14H27NO2. The maximum atomic E-state index is 10.4. The number of rotatable bonds is 4. The van der Waals surface area contributed by atoms with E-state index in [4.69, 9.17) is 4.74 Å². The Bertz CT molecular complexity index is 238. The molecule has 2 fully saturated rings. The third-order valence-electron chi connectivity index (χ3n) is 4.78. The zero-order valence-electron chi connectivity index (χ0n) is 11.2. The molecule has 0 aromatic heterocycles. The summed E-state index contributed by atoms with van der Waals surface area (Å²) in [6, 6.07) is 0.606. The third kappa shape index (κ3) is 3.21. The Balaban J connectivity index is 1.72. The first-order valence-corrected chi connectivity index (χ1v) is 7.21. The fourth-order valence-corrected chi connectivity index (χ4v) is 3.10. The van der Waals surface area contributed by atoms with Gasteiger partial charge in [0.25, 0.3) is 0 Å². The van der Waals surface area contributed by atoms with E-state index < -0.39 is 5.60 Å². The summed E-state index contributed by atoms with van der Waals surface area (Å²) in [7, 11) is 0. The number of ether oxygens (including phenoxy) is 1. The summed E-state index contributed by atoms with van der Waals surface area (Å²) in [6.45, 7) is 5.65. The second-order valence-electron chi connectivity index (χ2n) is 5.87. The van der Waals surface area contributed by atoms with Crippen molar-refractivity contribution in [2.75, 3.05) is 13.2 Å². The van der Waals surface area contributed by atoms with Gasteiger partial charge in [-0.25, -0.2) is 0 Å². The molecule has 1 aliphatic heterocycles.